The second kappa shape index (κ2) is 4.99. The van der Waals surface area contributed by atoms with Crippen molar-refractivity contribution in [3.8, 4) is 5.75 Å². The van der Waals surface area contributed by atoms with Gasteiger partial charge in [-0.05, 0) is 61.6 Å². The minimum Gasteiger partial charge on any atom is -0.508 e. The highest BCUT2D eigenvalue weighted by Gasteiger charge is 2.42. The highest BCUT2D eigenvalue weighted by Crippen LogP contribution is 2.47. The van der Waals surface area contributed by atoms with Gasteiger partial charge in [-0.15, -0.1) is 0 Å². The van der Waals surface area contributed by atoms with Crippen molar-refractivity contribution in [1.82, 2.24) is 5.32 Å². The van der Waals surface area contributed by atoms with Crippen molar-refractivity contribution in [3.63, 3.8) is 0 Å². The van der Waals surface area contributed by atoms with Gasteiger partial charge in [0.2, 0.25) is 0 Å². The molecule has 1 saturated heterocycles. The Morgan fingerprint density at radius 1 is 1.19 bits per heavy atom. The maximum atomic E-state index is 10.3. The lowest BCUT2D eigenvalue weighted by atomic mass is 9.97. The van der Waals surface area contributed by atoms with E-state index in [1.165, 1.54) is 24.0 Å². The second-order valence-corrected chi connectivity index (χ2v) is 7.15. The maximum absolute atomic E-state index is 10.3. The van der Waals surface area contributed by atoms with E-state index in [4.69, 9.17) is 4.74 Å². The summed E-state index contributed by atoms with van der Waals surface area (Å²) in [6, 6.07) is 4.63. The van der Waals surface area contributed by atoms with Crippen molar-refractivity contribution in [2.24, 2.45) is 5.92 Å². The molecule has 0 bridgehead atoms. The van der Waals surface area contributed by atoms with Crippen molar-refractivity contribution >= 4 is 0 Å². The van der Waals surface area contributed by atoms with Gasteiger partial charge in [-0.25, -0.2) is 0 Å². The Hall–Kier alpha value is -1.06. The monoisotopic (exact) mass is 287 g/mol. The summed E-state index contributed by atoms with van der Waals surface area (Å²) in [6.45, 7) is 5.31. The number of benzene rings is 1. The Kier molecular flexibility index (Phi) is 3.23. The molecule has 2 N–H and O–H groups in total. The lowest BCUT2D eigenvalue weighted by Crippen LogP contribution is -2.39. The number of aryl methyl sites for hydroxylation is 1. The largest absolute Gasteiger partial charge is 0.508 e. The van der Waals surface area contributed by atoms with Crippen LogP contribution in [0.5, 0.6) is 5.75 Å². The smallest absolute Gasteiger partial charge is 0.120 e. The molecule has 1 heterocycles. The maximum Gasteiger partial charge on any atom is 0.120 e. The van der Waals surface area contributed by atoms with Crippen LogP contribution in [-0.4, -0.2) is 23.9 Å². The topological polar surface area (TPSA) is 41.5 Å². The minimum absolute atomic E-state index is 0.280. The van der Waals surface area contributed by atoms with Gasteiger partial charge in [0.05, 0.1) is 6.10 Å². The molecular formula is C18H25NO2. The average Bonchev–Trinajstić information content (AvgIpc) is 3.11. The van der Waals surface area contributed by atoms with Crippen LogP contribution >= 0.6 is 0 Å². The number of hydrogen-bond acceptors (Lipinski definition) is 3. The molecule has 4 atom stereocenters. The first-order valence-electron chi connectivity index (χ1n) is 8.35. The highest BCUT2D eigenvalue weighted by atomic mass is 16.5. The molecule has 0 amide bonds. The number of rotatable bonds is 3. The fourth-order valence-corrected chi connectivity index (χ4v) is 4.43. The zero-order valence-corrected chi connectivity index (χ0v) is 12.9. The molecule has 1 saturated carbocycles. The van der Waals surface area contributed by atoms with E-state index in [1.807, 2.05) is 12.1 Å². The minimum atomic E-state index is 0.280. The number of phenolic OH excluding ortho intramolecular Hbond substituents is 1. The predicted octanol–water partition coefficient (Wildman–Crippen LogP) is 3.41. The predicted molar refractivity (Wildman–Crippen MR) is 82.6 cm³/mol. The lowest BCUT2D eigenvalue weighted by Gasteiger charge is -2.25. The molecule has 2 fully saturated rings. The highest BCUT2D eigenvalue weighted by molar-refractivity contribution is 5.51. The molecule has 2 aliphatic carbocycles. The molecule has 1 aromatic rings. The van der Waals surface area contributed by atoms with Gasteiger partial charge in [-0.3, -0.25) is 0 Å². The van der Waals surface area contributed by atoms with E-state index in [0.29, 0.717) is 23.8 Å². The molecule has 3 heteroatoms. The van der Waals surface area contributed by atoms with Gasteiger partial charge in [0.25, 0.3) is 0 Å². The summed E-state index contributed by atoms with van der Waals surface area (Å²) < 4.78 is 5.94. The molecule has 4 rings (SSSR count). The third kappa shape index (κ3) is 2.27. The Morgan fingerprint density at radius 2 is 2.00 bits per heavy atom. The molecule has 3 aliphatic rings. The van der Waals surface area contributed by atoms with Crippen molar-refractivity contribution in [3.05, 3.63) is 28.8 Å². The SMILES string of the molecule is Cc1ccc(O)c2c1C(C)CC2NC1CCOC1C1CC1. The van der Waals surface area contributed by atoms with Gasteiger partial charge >= 0.3 is 0 Å². The van der Waals surface area contributed by atoms with Crippen LogP contribution in [0.15, 0.2) is 12.1 Å². The van der Waals surface area contributed by atoms with Crippen LogP contribution in [0.4, 0.5) is 0 Å². The Bertz CT molecular complexity index is 552. The molecule has 3 nitrogen and oxygen atoms in total. The van der Waals surface area contributed by atoms with E-state index in [1.54, 1.807) is 0 Å². The first-order valence-corrected chi connectivity index (χ1v) is 8.35. The molecule has 114 valence electrons. The van der Waals surface area contributed by atoms with Crippen molar-refractivity contribution in [2.45, 2.75) is 63.6 Å². The van der Waals surface area contributed by atoms with E-state index in [2.05, 4.69) is 19.2 Å². The Labute approximate surface area is 126 Å². The first kappa shape index (κ1) is 13.6. The fourth-order valence-electron chi connectivity index (χ4n) is 4.43. The van der Waals surface area contributed by atoms with E-state index in [9.17, 15) is 5.11 Å². The second-order valence-electron chi connectivity index (χ2n) is 7.15. The van der Waals surface area contributed by atoms with Crippen LogP contribution in [-0.2, 0) is 4.74 Å². The number of nitrogens with one attached hydrogen (secondary N) is 1. The number of fused-ring (bicyclic) bond motifs is 1. The summed E-state index contributed by atoms with van der Waals surface area (Å²) in [4.78, 5) is 0. The van der Waals surface area contributed by atoms with E-state index < -0.39 is 0 Å². The van der Waals surface area contributed by atoms with Gasteiger partial charge in [-0.1, -0.05) is 13.0 Å². The summed E-state index contributed by atoms with van der Waals surface area (Å²) in [5.74, 6) is 1.75. The number of aromatic hydroxyl groups is 1. The average molecular weight is 287 g/mol. The summed E-state index contributed by atoms with van der Waals surface area (Å²) >= 11 is 0. The summed E-state index contributed by atoms with van der Waals surface area (Å²) in [5.41, 5.74) is 3.80. The third-order valence-electron chi connectivity index (χ3n) is 5.55. The molecule has 0 radical (unpaired) electrons. The van der Waals surface area contributed by atoms with Crippen molar-refractivity contribution in [2.75, 3.05) is 6.61 Å². The Balaban J connectivity index is 1.59. The van der Waals surface area contributed by atoms with Gasteiger partial charge < -0.3 is 15.2 Å². The lowest BCUT2D eigenvalue weighted by molar-refractivity contribution is 0.0787. The third-order valence-corrected chi connectivity index (χ3v) is 5.55. The van der Waals surface area contributed by atoms with Crippen molar-refractivity contribution in [1.29, 1.82) is 0 Å². The van der Waals surface area contributed by atoms with Gasteiger partial charge in [0.1, 0.15) is 5.75 Å². The molecule has 1 aliphatic heterocycles. The molecule has 21 heavy (non-hydrogen) atoms. The molecule has 0 spiro atoms. The fraction of sp³-hybridized carbons (Fsp3) is 0.667. The number of hydrogen-bond donors (Lipinski definition) is 2. The van der Waals surface area contributed by atoms with E-state index in [-0.39, 0.29) is 6.04 Å². The summed E-state index contributed by atoms with van der Waals surface area (Å²) in [6.07, 6.45) is 5.24. The standard InChI is InChI=1S/C18H25NO2/c1-10-3-6-15(20)17-14(9-11(2)16(10)17)19-13-7-8-21-18(13)12-4-5-12/h3,6,11-14,18-20H,4-5,7-9H2,1-2H3. The van der Waals surface area contributed by atoms with Crippen LogP contribution in [0.2, 0.25) is 0 Å². The van der Waals surface area contributed by atoms with Crippen LogP contribution in [0, 0.1) is 12.8 Å². The van der Waals surface area contributed by atoms with Gasteiger partial charge in [0, 0.05) is 24.3 Å². The van der Waals surface area contributed by atoms with E-state index in [0.717, 1.165) is 30.9 Å². The van der Waals surface area contributed by atoms with E-state index >= 15 is 0 Å². The van der Waals surface area contributed by atoms with Gasteiger partial charge in [-0.2, -0.15) is 0 Å². The number of ether oxygens (including phenoxy) is 1. The van der Waals surface area contributed by atoms with Crippen LogP contribution < -0.4 is 5.32 Å². The van der Waals surface area contributed by atoms with Crippen LogP contribution in [0.1, 0.15) is 61.3 Å². The molecule has 1 aromatic carbocycles. The zero-order chi connectivity index (χ0) is 14.6. The number of phenols is 1. The van der Waals surface area contributed by atoms with Crippen LogP contribution in [0.3, 0.4) is 0 Å². The molecule has 4 unspecified atom stereocenters. The van der Waals surface area contributed by atoms with Crippen molar-refractivity contribution < 1.29 is 9.84 Å². The quantitative estimate of drug-likeness (QED) is 0.895. The zero-order valence-electron chi connectivity index (χ0n) is 12.9. The molecular weight excluding hydrogens is 262 g/mol. The molecule has 0 aromatic heterocycles. The van der Waals surface area contributed by atoms with Crippen LogP contribution in [0.25, 0.3) is 0 Å². The summed E-state index contributed by atoms with van der Waals surface area (Å²) in [5, 5.41) is 14.2. The summed E-state index contributed by atoms with van der Waals surface area (Å²) in [7, 11) is 0. The van der Waals surface area contributed by atoms with Gasteiger partial charge in [0.15, 0.2) is 0 Å². The first-order chi connectivity index (χ1) is 10.1. The Morgan fingerprint density at radius 3 is 2.76 bits per heavy atom. The normalized spacial score (nSPS) is 35.1.